The normalized spacial score (nSPS) is 9.95. The molecule has 0 aliphatic carbocycles. The van der Waals surface area contributed by atoms with E-state index in [2.05, 4.69) is 10.6 Å². The monoisotopic (exact) mass is 264 g/mol. The minimum Gasteiger partial charge on any atom is -0.383 e. The molecule has 0 heterocycles. The standard InChI is InChI=1S/C14H20N2O3/c1-19-10-9-16-14(18)11-13(17)15-8-7-12-5-3-2-4-6-12/h2-6H,7-11H2,1H3,(H,15,17)(H,16,18). The molecule has 0 aliphatic heterocycles. The summed E-state index contributed by atoms with van der Waals surface area (Å²) in [5, 5.41) is 5.32. The van der Waals surface area contributed by atoms with Gasteiger partial charge in [-0.1, -0.05) is 30.3 Å². The quantitative estimate of drug-likeness (QED) is 0.530. The molecule has 0 aromatic heterocycles. The zero-order chi connectivity index (χ0) is 13.9. The lowest BCUT2D eigenvalue weighted by Gasteiger charge is -2.06. The molecule has 0 saturated carbocycles. The highest BCUT2D eigenvalue weighted by Crippen LogP contribution is 1.98. The van der Waals surface area contributed by atoms with Crippen molar-refractivity contribution >= 4 is 11.8 Å². The lowest BCUT2D eigenvalue weighted by Crippen LogP contribution is -2.34. The largest absolute Gasteiger partial charge is 0.383 e. The first-order chi connectivity index (χ1) is 9.22. The molecule has 19 heavy (non-hydrogen) atoms. The maximum atomic E-state index is 11.5. The summed E-state index contributed by atoms with van der Waals surface area (Å²) in [6.45, 7) is 1.40. The zero-order valence-corrected chi connectivity index (χ0v) is 11.1. The molecule has 0 spiro atoms. The third-order valence-electron chi connectivity index (χ3n) is 2.53. The van der Waals surface area contributed by atoms with Gasteiger partial charge in [0, 0.05) is 20.2 Å². The van der Waals surface area contributed by atoms with Crippen LogP contribution in [-0.4, -0.2) is 38.6 Å². The maximum Gasteiger partial charge on any atom is 0.229 e. The van der Waals surface area contributed by atoms with Crippen molar-refractivity contribution in [1.29, 1.82) is 0 Å². The van der Waals surface area contributed by atoms with Gasteiger partial charge in [-0.25, -0.2) is 0 Å². The molecule has 0 atom stereocenters. The van der Waals surface area contributed by atoms with E-state index in [0.29, 0.717) is 19.7 Å². The summed E-state index contributed by atoms with van der Waals surface area (Å²) < 4.78 is 4.80. The second-order valence-corrected chi connectivity index (χ2v) is 4.11. The van der Waals surface area contributed by atoms with E-state index in [1.807, 2.05) is 30.3 Å². The van der Waals surface area contributed by atoms with E-state index in [0.717, 1.165) is 12.0 Å². The third kappa shape index (κ3) is 7.21. The summed E-state index contributed by atoms with van der Waals surface area (Å²) in [5.41, 5.74) is 1.16. The lowest BCUT2D eigenvalue weighted by molar-refractivity contribution is -0.129. The molecule has 0 radical (unpaired) electrons. The molecule has 0 unspecified atom stereocenters. The Balaban J connectivity index is 2.12. The summed E-state index contributed by atoms with van der Waals surface area (Å²) >= 11 is 0. The van der Waals surface area contributed by atoms with Gasteiger partial charge in [0.25, 0.3) is 0 Å². The van der Waals surface area contributed by atoms with Gasteiger partial charge >= 0.3 is 0 Å². The van der Waals surface area contributed by atoms with Crippen molar-refractivity contribution in [3.8, 4) is 0 Å². The van der Waals surface area contributed by atoms with E-state index in [9.17, 15) is 9.59 Å². The minimum atomic E-state index is -0.283. The molecule has 104 valence electrons. The highest BCUT2D eigenvalue weighted by atomic mass is 16.5. The highest BCUT2D eigenvalue weighted by molar-refractivity contribution is 5.96. The summed E-state index contributed by atoms with van der Waals surface area (Å²) in [5.74, 6) is -0.542. The molecule has 1 aromatic carbocycles. The fourth-order valence-corrected chi connectivity index (χ4v) is 1.55. The number of carbonyl (C=O) groups excluding carboxylic acids is 2. The van der Waals surface area contributed by atoms with E-state index >= 15 is 0 Å². The van der Waals surface area contributed by atoms with E-state index in [1.165, 1.54) is 0 Å². The Hall–Kier alpha value is -1.88. The topological polar surface area (TPSA) is 67.4 Å². The first kappa shape index (κ1) is 15.2. The number of hydrogen-bond donors (Lipinski definition) is 2. The summed E-state index contributed by atoms with van der Waals surface area (Å²) in [7, 11) is 1.56. The molecular weight excluding hydrogens is 244 g/mol. The van der Waals surface area contributed by atoms with Gasteiger partial charge in [0.1, 0.15) is 6.42 Å². The number of hydrogen-bond acceptors (Lipinski definition) is 3. The van der Waals surface area contributed by atoms with Gasteiger partial charge in [-0.05, 0) is 12.0 Å². The number of ether oxygens (including phenoxy) is 1. The molecule has 0 saturated heterocycles. The van der Waals surface area contributed by atoms with Crippen LogP contribution in [0.15, 0.2) is 30.3 Å². The first-order valence-corrected chi connectivity index (χ1v) is 6.28. The van der Waals surface area contributed by atoms with Crippen LogP contribution in [0.2, 0.25) is 0 Å². The van der Waals surface area contributed by atoms with Crippen molar-refractivity contribution in [3.05, 3.63) is 35.9 Å². The van der Waals surface area contributed by atoms with Crippen molar-refractivity contribution in [3.63, 3.8) is 0 Å². The summed E-state index contributed by atoms with van der Waals surface area (Å²) in [6.07, 6.45) is 0.621. The van der Waals surface area contributed by atoms with E-state index in [4.69, 9.17) is 4.74 Å². The molecule has 5 heteroatoms. The van der Waals surface area contributed by atoms with Crippen molar-refractivity contribution in [1.82, 2.24) is 10.6 Å². The molecule has 2 N–H and O–H groups in total. The van der Waals surface area contributed by atoms with Crippen LogP contribution >= 0.6 is 0 Å². The van der Waals surface area contributed by atoms with Gasteiger partial charge in [-0.15, -0.1) is 0 Å². The van der Waals surface area contributed by atoms with Crippen LogP contribution in [-0.2, 0) is 20.7 Å². The number of methoxy groups -OCH3 is 1. The van der Waals surface area contributed by atoms with Gasteiger partial charge in [0.2, 0.25) is 11.8 Å². The molecular formula is C14H20N2O3. The molecule has 1 rings (SSSR count). The number of amides is 2. The minimum absolute atomic E-state index is 0.140. The fraction of sp³-hybridized carbons (Fsp3) is 0.429. The number of carbonyl (C=O) groups is 2. The van der Waals surface area contributed by atoms with Crippen molar-refractivity contribution < 1.29 is 14.3 Å². The Morgan fingerprint density at radius 2 is 1.68 bits per heavy atom. The van der Waals surface area contributed by atoms with Crippen LogP contribution in [0.4, 0.5) is 0 Å². The van der Waals surface area contributed by atoms with Gasteiger partial charge in [0.05, 0.1) is 6.61 Å². The third-order valence-corrected chi connectivity index (χ3v) is 2.53. The lowest BCUT2D eigenvalue weighted by atomic mass is 10.1. The highest BCUT2D eigenvalue weighted by Gasteiger charge is 2.07. The average molecular weight is 264 g/mol. The zero-order valence-electron chi connectivity index (χ0n) is 11.1. The summed E-state index contributed by atoms with van der Waals surface area (Å²) in [6, 6.07) is 9.88. The maximum absolute atomic E-state index is 11.5. The Kier molecular flexibility index (Phi) is 7.27. The van der Waals surface area contributed by atoms with Crippen LogP contribution in [0.25, 0.3) is 0 Å². The van der Waals surface area contributed by atoms with Crippen molar-refractivity contribution in [2.45, 2.75) is 12.8 Å². The molecule has 1 aromatic rings. The SMILES string of the molecule is COCCNC(=O)CC(=O)NCCc1ccccc1. The molecule has 0 aliphatic rings. The molecule has 0 bridgehead atoms. The number of nitrogens with one attached hydrogen (secondary N) is 2. The van der Waals surface area contributed by atoms with Crippen molar-refractivity contribution in [2.24, 2.45) is 0 Å². The van der Waals surface area contributed by atoms with Crippen LogP contribution in [0.3, 0.4) is 0 Å². The van der Waals surface area contributed by atoms with Crippen LogP contribution in [0.1, 0.15) is 12.0 Å². The number of rotatable bonds is 8. The second kappa shape index (κ2) is 9.10. The first-order valence-electron chi connectivity index (χ1n) is 6.28. The molecule has 2 amide bonds. The van der Waals surface area contributed by atoms with E-state index in [1.54, 1.807) is 7.11 Å². The van der Waals surface area contributed by atoms with Gasteiger partial charge < -0.3 is 15.4 Å². The van der Waals surface area contributed by atoms with Crippen LogP contribution < -0.4 is 10.6 Å². The Morgan fingerprint density at radius 3 is 2.32 bits per heavy atom. The van der Waals surface area contributed by atoms with E-state index in [-0.39, 0.29) is 18.2 Å². The van der Waals surface area contributed by atoms with Gasteiger partial charge in [0.15, 0.2) is 0 Å². The Labute approximate surface area is 113 Å². The molecule has 0 fully saturated rings. The fourth-order valence-electron chi connectivity index (χ4n) is 1.55. The predicted molar refractivity (Wildman–Crippen MR) is 72.7 cm³/mol. The van der Waals surface area contributed by atoms with Gasteiger partial charge in [-0.2, -0.15) is 0 Å². The smallest absolute Gasteiger partial charge is 0.229 e. The van der Waals surface area contributed by atoms with Crippen molar-refractivity contribution in [2.75, 3.05) is 26.8 Å². The Morgan fingerprint density at radius 1 is 1.05 bits per heavy atom. The average Bonchev–Trinajstić information content (AvgIpc) is 2.40. The molecule has 5 nitrogen and oxygen atoms in total. The van der Waals surface area contributed by atoms with Crippen LogP contribution in [0, 0.1) is 0 Å². The van der Waals surface area contributed by atoms with Gasteiger partial charge in [-0.3, -0.25) is 9.59 Å². The van der Waals surface area contributed by atoms with Crippen LogP contribution in [0.5, 0.6) is 0 Å². The summed E-state index contributed by atoms with van der Waals surface area (Å²) in [4.78, 5) is 22.8. The Bertz CT molecular complexity index is 393. The number of benzene rings is 1. The van der Waals surface area contributed by atoms with E-state index < -0.39 is 0 Å². The second-order valence-electron chi connectivity index (χ2n) is 4.11. The predicted octanol–water partition coefficient (Wildman–Crippen LogP) is 0.498.